The van der Waals surface area contributed by atoms with E-state index in [9.17, 15) is 29.3 Å². The highest BCUT2D eigenvalue weighted by atomic mass is 16.6. The average molecular weight is 348 g/mol. The van der Waals surface area contributed by atoms with Crippen molar-refractivity contribution >= 4 is 29.4 Å². The van der Waals surface area contributed by atoms with Gasteiger partial charge in [-0.2, -0.15) is 0 Å². The number of esters is 2. The van der Waals surface area contributed by atoms with E-state index in [1.165, 1.54) is 12.1 Å². The van der Waals surface area contributed by atoms with E-state index < -0.39 is 40.5 Å². The minimum atomic E-state index is -0.976. The molecule has 1 atom stereocenters. The molecular weight excluding hydrogens is 336 g/mol. The molecule has 2 aliphatic rings. The fourth-order valence-electron chi connectivity index (χ4n) is 2.68. The third-order valence-electron chi connectivity index (χ3n) is 3.87. The Hall–Kier alpha value is -3.30. The second-order valence-corrected chi connectivity index (χ2v) is 5.40. The molecule has 1 aromatic rings. The van der Waals surface area contributed by atoms with Crippen molar-refractivity contribution in [2.24, 2.45) is 0 Å². The first-order chi connectivity index (χ1) is 11.9. The second-order valence-electron chi connectivity index (χ2n) is 5.40. The minimum Gasteiger partial charge on any atom is -0.463 e. The van der Waals surface area contributed by atoms with Crippen LogP contribution in [0.15, 0.2) is 18.2 Å². The quantitative estimate of drug-likeness (QED) is 0.324. The Morgan fingerprint density at radius 2 is 2.08 bits per heavy atom. The Kier molecular flexibility index (Phi) is 4.17. The number of amides is 2. The van der Waals surface area contributed by atoms with E-state index in [4.69, 9.17) is 4.74 Å². The predicted molar refractivity (Wildman–Crippen MR) is 78.5 cm³/mol. The van der Waals surface area contributed by atoms with Crippen molar-refractivity contribution < 1.29 is 33.6 Å². The van der Waals surface area contributed by atoms with Crippen LogP contribution in [-0.4, -0.2) is 52.8 Å². The Morgan fingerprint density at radius 3 is 2.72 bits per heavy atom. The molecule has 0 bridgehead atoms. The van der Waals surface area contributed by atoms with E-state index in [1.807, 2.05) is 0 Å². The van der Waals surface area contributed by atoms with Gasteiger partial charge >= 0.3 is 11.9 Å². The number of ether oxygens (including phenoxy) is 2. The van der Waals surface area contributed by atoms with E-state index in [0.717, 1.165) is 11.0 Å². The first kappa shape index (κ1) is 16.6. The van der Waals surface area contributed by atoms with Crippen LogP contribution in [0, 0.1) is 10.1 Å². The Bertz CT molecular complexity index is 803. The van der Waals surface area contributed by atoms with Crippen LogP contribution in [0.2, 0.25) is 0 Å². The minimum absolute atomic E-state index is 0.0769. The predicted octanol–water partition coefficient (Wildman–Crippen LogP) is 0.440. The van der Waals surface area contributed by atoms with Gasteiger partial charge in [0.25, 0.3) is 17.5 Å². The number of carbonyl (C=O) groups excluding carboxylic acids is 4. The van der Waals surface area contributed by atoms with Crippen molar-refractivity contribution in [3.63, 3.8) is 0 Å². The van der Waals surface area contributed by atoms with E-state index in [2.05, 4.69) is 4.74 Å². The molecule has 0 aromatic heterocycles. The number of hydrogen-bond acceptors (Lipinski definition) is 8. The molecule has 0 unspecified atom stereocenters. The zero-order chi connectivity index (χ0) is 18.1. The maximum absolute atomic E-state index is 12.3. The monoisotopic (exact) mass is 348 g/mol. The third-order valence-corrected chi connectivity index (χ3v) is 3.87. The van der Waals surface area contributed by atoms with Gasteiger partial charge in [0, 0.05) is 19.0 Å². The maximum atomic E-state index is 12.3. The number of nitrogens with zero attached hydrogens (tertiary/aromatic N) is 2. The summed E-state index contributed by atoms with van der Waals surface area (Å²) in [6, 6.07) is 3.76. The van der Waals surface area contributed by atoms with Gasteiger partial charge in [-0.05, 0) is 6.07 Å². The molecule has 25 heavy (non-hydrogen) atoms. The summed E-state index contributed by atoms with van der Waals surface area (Å²) in [5.74, 6) is -2.95. The summed E-state index contributed by atoms with van der Waals surface area (Å²) in [6.07, 6.45) is -1.05. The van der Waals surface area contributed by atoms with Crippen LogP contribution in [0.5, 0.6) is 0 Å². The van der Waals surface area contributed by atoms with Gasteiger partial charge < -0.3 is 9.47 Å². The lowest BCUT2D eigenvalue weighted by Crippen LogP contribution is -2.33. The van der Waals surface area contributed by atoms with Crippen molar-refractivity contribution in [1.82, 2.24) is 4.90 Å². The first-order valence-electron chi connectivity index (χ1n) is 7.40. The molecule has 2 amide bonds. The molecule has 1 aromatic carbocycles. The molecule has 3 rings (SSSR count). The highest BCUT2D eigenvalue weighted by Crippen LogP contribution is 2.30. The topological polar surface area (TPSA) is 133 Å². The first-order valence-corrected chi connectivity index (χ1v) is 7.40. The van der Waals surface area contributed by atoms with Gasteiger partial charge in [0.2, 0.25) is 6.10 Å². The fraction of sp³-hybridized carbons (Fsp3) is 0.333. The largest absolute Gasteiger partial charge is 0.463 e. The lowest BCUT2D eigenvalue weighted by molar-refractivity contribution is -0.385. The van der Waals surface area contributed by atoms with Crippen molar-refractivity contribution in [3.8, 4) is 0 Å². The molecular formula is C15H12N2O8. The van der Waals surface area contributed by atoms with Crippen LogP contribution in [-0.2, 0) is 19.1 Å². The normalized spacial score (nSPS) is 19.0. The van der Waals surface area contributed by atoms with Gasteiger partial charge in [-0.3, -0.25) is 29.4 Å². The van der Waals surface area contributed by atoms with Crippen molar-refractivity contribution in [1.29, 1.82) is 0 Å². The van der Waals surface area contributed by atoms with Gasteiger partial charge in [-0.25, -0.2) is 4.79 Å². The zero-order valence-electron chi connectivity index (χ0n) is 12.8. The van der Waals surface area contributed by atoms with Crippen LogP contribution in [0.25, 0.3) is 0 Å². The number of imide groups is 1. The molecule has 0 spiro atoms. The van der Waals surface area contributed by atoms with Crippen LogP contribution < -0.4 is 0 Å². The van der Waals surface area contributed by atoms with E-state index in [1.54, 1.807) is 0 Å². The summed E-state index contributed by atoms with van der Waals surface area (Å²) < 4.78 is 9.58. The van der Waals surface area contributed by atoms with Gasteiger partial charge in [0.1, 0.15) is 5.56 Å². The molecule has 0 saturated carbocycles. The molecule has 1 saturated heterocycles. The number of benzene rings is 1. The van der Waals surface area contributed by atoms with Gasteiger partial charge in [-0.1, -0.05) is 6.07 Å². The molecule has 0 N–H and O–H groups in total. The summed E-state index contributed by atoms with van der Waals surface area (Å²) in [5, 5.41) is 11.0. The SMILES string of the molecule is O=C(CCN1C(=O)c2cccc([N+](=O)[O-])c2C1=O)O[C@H]1CCOC1=O. The van der Waals surface area contributed by atoms with E-state index in [0.29, 0.717) is 0 Å². The molecule has 10 heteroatoms. The number of carbonyl (C=O) groups is 4. The van der Waals surface area contributed by atoms with Gasteiger partial charge in [0.05, 0.1) is 23.5 Å². The highest BCUT2D eigenvalue weighted by molar-refractivity contribution is 6.23. The zero-order valence-corrected chi connectivity index (χ0v) is 12.8. The lowest BCUT2D eigenvalue weighted by Gasteiger charge is -2.14. The summed E-state index contributed by atoms with van der Waals surface area (Å²) in [6.45, 7) is -0.136. The average Bonchev–Trinajstić information content (AvgIpc) is 3.08. The number of rotatable bonds is 5. The van der Waals surface area contributed by atoms with Crippen LogP contribution >= 0.6 is 0 Å². The molecule has 1 fully saturated rings. The molecule has 0 aliphatic carbocycles. The highest BCUT2D eigenvalue weighted by Gasteiger charge is 2.41. The third kappa shape index (κ3) is 2.93. The second kappa shape index (κ2) is 6.30. The number of fused-ring (bicyclic) bond motifs is 1. The summed E-state index contributed by atoms with van der Waals surface area (Å²) in [5.41, 5.74) is -0.827. The van der Waals surface area contributed by atoms with Crippen molar-refractivity contribution in [2.45, 2.75) is 18.9 Å². The summed E-state index contributed by atoms with van der Waals surface area (Å²) >= 11 is 0. The number of hydrogen-bond donors (Lipinski definition) is 0. The molecule has 130 valence electrons. The van der Waals surface area contributed by atoms with Gasteiger partial charge in [0.15, 0.2) is 0 Å². The van der Waals surface area contributed by atoms with Crippen molar-refractivity contribution in [2.75, 3.05) is 13.2 Å². The maximum Gasteiger partial charge on any atom is 0.347 e. The summed E-state index contributed by atoms with van der Waals surface area (Å²) in [7, 11) is 0. The Labute approximate surface area is 140 Å². The van der Waals surface area contributed by atoms with Gasteiger partial charge in [-0.15, -0.1) is 0 Å². The molecule has 0 radical (unpaired) electrons. The Morgan fingerprint density at radius 1 is 1.32 bits per heavy atom. The number of nitro groups is 1. The van der Waals surface area contributed by atoms with E-state index in [-0.39, 0.29) is 37.1 Å². The lowest BCUT2D eigenvalue weighted by atomic mass is 10.1. The smallest absolute Gasteiger partial charge is 0.347 e. The summed E-state index contributed by atoms with van der Waals surface area (Å²) in [4.78, 5) is 58.6. The van der Waals surface area contributed by atoms with Crippen LogP contribution in [0.4, 0.5) is 5.69 Å². The number of nitro benzene ring substituents is 1. The van der Waals surface area contributed by atoms with Crippen LogP contribution in [0.1, 0.15) is 33.6 Å². The van der Waals surface area contributed by atoms with Crippen molar-refractivity contribution in [3.05, 3.63) is 39.4 Å². The van der Waals surface area contributed by atoms with Crippen LogP contribution in [0.3, 0.4) is 0 Å². The Balaban J connectivity index is 1.68. The fourth-order valence-corrected chi connectivity index (χ4v) is 2.68. The molecule has 2 heterocycles. The molecule has 10 nitrogen and oxygen atoms in total. The molecule has 2 aliphatic heterocycles. The number of cyclic esters (lactones) is 1. The standard InChI is InChI=1S/C15H12N2O8/c18-11(25-10-5-7-24-15(10)21)4-6-16-13(19)8-2-1-3-9(17(22)23)12(8)14(16)20/h1-3,10H,4-7H2/t10-/m0/s1. The van der Waals surface area contributed by atoms with E-state index >= 15 is 0 Å².